The minimum absolute atomic E-state index is 0.184. The van der Waals surface area contributed by atoms with Crippen LogP contribution in [0.4, 0.5) is 5.69 Å². The van der Waals surface area contributed by atoms with Gasteiger partial charge in [0.15, 0.2) is 0 Å². The van der Waals surface area contributed by atoms with Crippen molar-refractivity contribution < 1.29 is 4.79 Å². The van der Waals surface area contributed by atoms with E-state index in [1.54, 1.807) is 0 Å². The van der Waals surface area contributed by atoms with Gasteiger partial charge in [-0.1, -0.05) is 24.6 Å². The van der Waals surface area contributed by atoms with Gasteiger partial charge >= 0.3 is 0 Å². The van der Waals surface area contributed by atoms with Crippen LogP contribution in [0.1, 0.15) is 50.6 Å². The lowest BCUT2D eigenvalue weighted by atomic mass is 9.86. The highest BCUT2D eigenvalue weighted by molar-refractivity contribution is 5.91. The van der Waals surface area contributed by atoms with Crippen LogP contribution in [-0.4, -0.2) is 13.0 Å². The van der Waals surface area contributed by atoms with Gasteiger partial charge in [-0.15, -0.1) is 0 Å². The predicted molar refractivity (Wildman–Crippen MR) is 86.1 cm³/mol. The van der Waals surface area contributed by atoms with E-state index < -0.39 is 0 Å². The lowest BCUT2D eigenvalue weighted by Crippen LogP contribution is -2.22. The SMILES string of the molecule is CNC(C)c1ccccc1NC(=O)CC1CC2CCC1C2. The molecule has 0 heterocycles. The minimum atomic E-state index is 0.184. The van der Waals surface area contributed by atoms with Gasteiger partial charge in [-0.05, 0) is 62.6 Å². The van der Waals surface area contributed by atoms with Gasteiger partial charge in [0, 0.05) is 18.2 Å². The zero-order valence-corrected chi connectivity index (χ0v) is 13.1. The molecule has 1 amide bonds. The molecule has 2 bridgehead atoms. The number of benzene rings is 1. The molecule has 0 saturated heterocycles. The summed E-state index contributed by atoms with van der Waals surface area (Å²) in [7, 11) is 1.94. The number of para-hydroxylation sites is 1. The smallest absolute Gasteiger partial charge is 0.224 e. The standard InChI is InChI=1S/C18H26N2O/c1-12(19-2)16-5-3-4-6-17(16)20-18(21)11-15-10-13-7-8-14(15)9-13/h3-6,12-15,19H,7-11H2,1-2H3,(H,20,21). The molecule has 3 nitrogen and oxygen atoms in total. The Morgan fingerprint density at radius 1 is 1.29 bits per heavy atom. The monoisotopic (exact) mass is 286 g/mol. The maximum Gasteiger partial charge on any atom is 0.224 e. The van der Waals surface area contributed by atoms with Crippen molar-refractivity contribution >= 4 is 11.6 Å². The lowest BCUT2D eigenvalue weighted by molar-refractivity contribution is -0.117. The van der Waals surface area contributed by atoms with Crippen molar-refractivity contribution in [3.8, 4) is 0 Å². The third-order valence-electron chi connectivity index (χ3n) is 5.47. The maximum atomic E-state index is 12.4. The number of carbonyl (C=O) groups excluding carboxylic acids is 1. The molecular weight excluding hydrogens is 260 g/mol. The molecule has 0 radical (unpaired) electrons. The molecule has 0 aromatic heterocycles. The summed E-state index contributed by atoms with van der Waals surface area (Å²) in [6.45, 7) is 2.11. The van der Waals surface area contributed by atoms with Gasteiger partial charge in [0.05, 0.1) is 0 Å². The van der Waals surface area contributed by atoms with Gasteiger partial charge in [0.25, 0.3) is 0 Å². The lowest BCUT2D eigenvalue weighted by Gasteiger charge is -2.22. The van der Waals surface area contributed by atoms with Crippen LogP contribution in [0.3, 0.4) is 0 Å². The van der Waals surface area contributed by atoms with E-state index in [9.17, 15) is 4.79 Å². The first-order valence-corrected chi connectivity index (χ1v) is 8.23. The number of amides is 1. The quantitative estimate of drug-likeness (QED) is 0.866. The number of hydrogen-bond acceptors (Lipinski definition) is 2. The second-order valence-electron chi connectivity index (χ2n) is 6.78. The van der Waals surface area contributed by atoms with Crippen molar-refractivity contribution in [3.05, 3.63) is 29.8 Å². The third kappa shape index (κ3) is 3.13. The molecule has 2 fully saturated rings. The van der Waals surface area contributed by atoms with Crippen LogP contribution in [0.5, 0.6) is 0 Å². The van der Waals surface area contributed by atoms with Crippen LogP contribution in [0.25, 0.3) is 0 Å². The molecule has 21 heavy (non-hydrogen) atoms. The van der Waals surface area contributed by atoms with Crippen LogP contribution in [0, 0.1) is 17.8 Å². The molecule has 2 N–H and O–H groups in total. The number of anilines is 1. The van der Waals surface area contributed by atoms with E-state index in [4.69, 9.17) is 0 Å². The molecule has 1 aromatic carbocycles. The average molecular weight is 286 g/mol. The summed E-state index contributed by atoms with van der Waals surface area (Å²) in [4.78, 5) is 12.4. The van der Waals surface area contributed by atoms with Crippen molar-refractivity contribution in [3.63, 3.8) is 0 Å². The second-order valence-corrected chi connectivity index (χ2v) is 6.78. The highest BCUT2D eigenvalue weighted by Crippen LogP contribution is 2.49. The molecular formula is C18H26N2O. The first-order chi connectivity index (χ1) is 10.2. The van der Waals surface area contributed by atoms with Gasteiger partial charge in [-0.3, -0.25) is 4.79 Å². The molecule has 114 valence electrons. The maximum absolute atomic E-state index is 12.4. The zero-order valence-electron chi connectivity index (χ0n) is 13.1. The van der Waals surface area contributed by atoms with Crippen molar-refractivity contribution in [2.75, 3.05) is 12.4 Å². The number of rotatable bonds is 5. The van der Waals surface area contributed by atoms with Gasteiger partial charge in [0.2, 0.25) is 5.91 Å². The summed E-state index contributed by atoms with van der Waals surface area (Å²) in [5, 5.41) is 6.37. The molecule has 2 saturated carbocycles. The van der Waals surface area contributed by atoms with Gasteiger partial charge in [-0.25, -0.2) is 0 Å². The van der Waals surface area contributed by atoms with E-state index >= 15 is 0 Å². The van der Waals surface area contributed by atoms with Gasteiger partial charge in [0.1, 0.15) is 0 Å². The summed E-state index contributed by atoms with van der Waals surface area (Å²) in [5.74, 6) is 2.53. The van der Waals surface area contributed by atoms with E-state index in [-0.39, 0.29) is 11.9 Å². The molecule has 1 aromatic rings. The van der Waals surface area contributed by atoms with Gasteiger partial charge < -0.3 is 10.6 Å². The second kappa shape index (κ2) is 6.18. The molecule has 2 aliphatic rings. The van der Waals surface area contributed by atoms with Crippen molar-refractivity contribution in [1.29, 1.82) is 0 Å². The highest BCUT2D eigenvalue weighted by atomic mass is 16.1. The zero-order chi connectivity index (χ0) is 14.8. The summed E-state index contributed by atoms with van der Waals surface area (Å²) in [6.07, 6.45) is 6.07. The van der Waals surface area contributed by atoms with Crippen LogP contribution < -0.4 is 10.6 Å². The highest BCUT2D eigenvalue weighted by Gasteiger charge is 2.40. The third-order valence-corrected chi connectivity index (χ3v) is 5.47. The molecule has 3 heteroatoms. The Hall–Kier alpha value is -1.35. The topological polar surface area (TPSA) is 41.1 Å². The Balaban J connectivity index is 1.62. The Bertz CT molecular complexity index is 514. The normalized spacial score (nSPS) is 28.6. The Kier molecular flexibility index (Phi) is 4.29. The van der Waals surface area contributed by atoms with E-state index in [0.717, 1.165) is 23.1 Å². The molecule has 0 spiro atoms. The fourth-order valence-corrected chi connectivity index (χ4v) is 4.21. The van der Waals surface area contributed by atoms with E-state index in [2.05, 4.69) is 23.6 Å². The largest absolute Gasteiger partial charge is 0.326 e. The Morgan fingerprint density at radius 3 is 2.76 bits per heavy atom. The summed E-state index contributed by atoms with van der Waals surface area (Å²) >= 11 is 0. The van der Waals surface area contributed by atoms with E-state index in [0.29, 0.717) is 12.3 Å². The Morgan fingerprint density at radius 2 is 2.10 bits per heavy atom. The fourth-order valence-electron chi connectivity index (χ4n) is 4.21. The minimum Gasteiger partial charge on any atom is -0.326 e. The first kappa shape index (κ1) is 14.6. The summed E-state index contributed by atoms with van der Waals surface area (Å²) in [6, 6.07) is 8.33. The van der Waals surface area contributed by atoms with Crippen LogP contribution in [0.15, 0.2) is 24.3 Å². The van der Waals surface area contributed by atoms with Crippen LogP contribution in [0.2, 0.25) is 0 Å². The molecule has 4 atom stereocenters. The van der Waals surface area contributed by atoms with Crippen molar-refractivity contribution in [2.24, 2.45) is 17.8 Å². The molecule has 0 aliphatic heterocycles. The molecule has 4 unspecified atom stereocenters. The van der Waals surface area contributed by atoms with Crippen LogP contribution >= 0.6 is 0 Å². The fraction of sp³-hybridized carbons (Fsp3) is 0.611. The first-order valence-electron chi connectivity index (χ1n) is 8.23. The van der Waals surface area contributed by atoms with Gasteiger partial charge in [-0.2, -0.15) is 0 Å². The van der Waals surface area contributed by atoms with E-state index in [1.807, 2.05) is 25.2 Å². The van der Waals surface area contributed by atoms with E-state index in [1.165, 1.54) is 25.7 Å². The van der Waals surface area contributed by atoms with Crippen LogP contribution in [-0.2, 0) is 4.79 Å². The summed E-state index contributed by atoms with van der Waals surface area (Å²) < 4.78 is 0. The number of nitrogens with one attached hydrogen (secondary N) is 2. The molecule has 2 aliphatic carbocycles. The number of carbonyl (C=O) groups is 1. The summed E-state index contributed by atoms with van der Waals surface area (Å²) in [5.41, 5.74) is 2.11. The molecule has 3 rings (SSSR count). The number of hydrogen-bond donors (Lipinski definition) is 2. The Labute approximate surface area is 127 Å². The van der Waals surface area contributed by atoms with Crippen molar-refractivity contribution in [2.45, 2.75) is 45.1 Å². The predicted octanol–water partition coefficient (Wildman–Crippen LogP) is 3.73. The average Bonchev–Trinajstić information content (AvgIpc) is 3.09. The van der Waals surface area contributed by atoms with Crippen molar-refractivity contribution in [1.82, 2.24) is 5.32 Å². The number of fused-ring (bicyclic) bond motifs is 2.